The minimum absolute atomic E-state index is 0.0946. The molecule has 9 heteroatoms. The number of anilines is 1. The van der Waals surface area contributed by atoms with Crippen molar-refractivity contribution in [2.24, 2.45) is 5.73 Å². The number of hydrogen-bond acceptors (Lipinski definition) is 8. The molecule has 8 nitrogen and oxygen atoms in total. The van der Waals surface area contributed by atoms with Gasteiger partial charge in [0.15, 0.2) is 5.78 Å². The molecule has 0 amide bonds. The zero-order chi connectivity index (χ0) is 24.0. The van der Waals surface area contributed by atoms with E-state index in [1.165, 1.54) is 23.5 Å². The molecule has 2 aromatic rings. The first-order valence-corrected chi connectivity index (χ1v) is 12.0. The molecular weight excluding hydrogens is 450 g/mol. The molecule has 0 fully saturated rings. The molecule has 0 radical (unpaired) electrons. The van der Waals surface area contributed by atoms with E-state index in [2.05, 4.69) is 12.1 Å². The Labute approximate surface area is 200 Å². The first-order chi connectivity index (χ1) is 16.5. The lowest BCUT2D eigenvalue weighted by Gasteiger charge is -2.39. The van der Waals surface area contributed by atoms with Crippen LogP contribution in [-0.2, 0) is 17.6 Å². The minimum atomic E-state index is -0.774. The third-order valence-electron chi connectivity index (χ3n) is 6.80. The summed E-state index contributed by atoms with van der Waals surface area (Å²) in [7, 11) is 0. The van der Waals surface area contributed by atoms with Crippen molar-refractivity contribution in [2.45, 2.75) is 50.9 Å². The summed E-state index contributed by atoms with van der Waals surface area (Å²) in [5, 5.41) is 32.2. The Kier molecular flexibility index (Phi) is 5.43. The number of aryl methyl sites for hydroxylation is 1. The first-order valence-electron chi connectivity index (χ1n) is 11.2. The predicted molar refractivity (Wildman–Crippen MR) is 127 cm³/mol. The highest BCUT2D eigenvalue weighted by Crippen LogP contribution is 2.50. The maximum absolute atomic E-state index is 13.3. The van der Waals surface area contributed by atoms with Gasteiger partial charge in [0.1, 0.15) is 16.9 Å². The molecule has 0 spiro atoms. The fourth-order valence-electron chi connectivity index (χ4n) is 5.29. The van der Waals surface area contributed by atoms with Crippen molar-refractivity contribution in [3.05, 3.63) is 78.6 Å². The Bertz CT molecular complexity index is 1390. The third-order valence-corrected chi connectivity index (χ3v) is 8.07. The smallest absolute Gasteiger partial charge is 0.269 e. The summed E-state index contributed by atoms with van der Waals surface area (Å²) in [5.74, 6) is -0.686. The van der Waals surface area contributed by atoms with Gasteiger partial charge in [-0.25, -0.2) is 0 Å². The van der Waals surface area contributed by atoms with Crippen LogP contribution >= 0.6 is 11.3 Å². The van der Waals surface area contributed by atoms with Crippen molar-refractivity contribution in [3.8, 4) is 12.1 Å². The predicted octanol–water partition coefficient (Wildman–Crippen LogP) is 4.71. The molecule has 0 saturated carbocycles. The molecule has 5 rings (SSSR count). The normalized spacial score (nSPS) is 19.9. The van der Waals surface area contributed by atoms with E-state index < -0.39 is 10.8 Å². The van der Waals surface area contributed by atoms with Crippen LogP contribution in [-0.4, -0.2) is 10.7 Å². The monoisotopic (exact) mass is 471 g/mol. The summed E-state index contributed by atoms with van der Waals surface area (Å²) in [4.78, 5) is 27.1. The Morgan fingerprint density at radius 3 is 2.65 bits per heavy atom. The SMILES string of the molecule is N#CC1=C(N)N(c2sc3c(c2C#N)CCCC3)C2=C(C(=O)CCC2)[C@H]1c1cccc([N+](=O)[O-])c1. The lowest BCUT2D eigenvalue weighted by molar-refractivity contribution is -0.384. The van der Waals surface area contributed by atoms with Gasteiger partial charge >= 0.3 is 0 Å². The second-order valence-electron chi connectivity index (χ2n) is 8.67. The molecular formula is C25H21N5O3S. The van der Waals surface area contributed by atoms with Gasteiger partial charge in [0.25, 0.3) is 5.69 Å². The Morgan fingerprint density at radius 2 is 1.91 bits per heavy atom. The number of carbonyl (C=O) groups excluding carboxylic acids is 1. The third kappa shape index (κ3) is 3.28. The first kappa shape index (κ1) is 21.9. The van der Waals surface area contributed by atoms with Crippen molar-refractivity contribution in [1.82, 2.24) is 0 Å². The maximum Gasteiger partial charge on any atom is 0.269 e. The molecule has 1 aliphatic heterocycles. The number of benzene rings is 1. The van der Waals surface area contributed by atoms with Crippen LogP contribution < -0.4 is 10.6 Å². The average Bonchev–Trinajstić information content (AvgIpc) is 3.21. The summed E-state index contributed by atoms with van der Waals surface area (Å²) in [6.07, 6.45) is 5.36. The summed E-state index contributed by atoms with van der Waals surface area (Å²) in [5.41, 5.74) is 9.93. The second kappa shape index (κ2) is 8.44. The minimum Gasteiger partial charge on any atom is -0.384 e. The van der Waals surface area contributed by atoms with Crippen LogP contribution in [0.2, 0.25) is 0 Å². The number of allylic oxidation sites excluding steroid dienone is 3. The number of thiophene rings is 1. The van der Waals surface area contributed by atoms with Crippen LogP contribution in [0.5, 0.6) is 0 Å². The van der Waals surface area contributed by atoms with Gasteiger partial charge < -0.3 is 5.73 Å². The standard InChI is InChI=1S/C25H21N5O3S/c26-12-17-16-7-1-2-10-21(16)34-25(17)29-19-8-4-9-20(31)23(19)22(18(13-27)24(29)28)14-5-3-6-15(11-14)30(32)33/h3,5-6,11,22H,1-2,4,7-10,28H2/t22-/m0/s1. The number of carbonyl (C=O) groups is 1. The van der Waals surface area contributed by atoms with Gasteiger partial charge in [0.2, 0.25) is 0 Å². The average molecular weight is 472 g/mol. The highest BCUT2D eigenvalue weighted by Gasteiger charge is 2.42. The molecule has 0 bridgehead atoms. The van der Waals surface area contributed by atoms with Crippen molar-refractivity contribution in [2.75, 3.05) is 4.90 Å². The zero-order valence-corrected chi connectivity index (χ0v) is 19.2. The molecule has 170 valence electrons. The van der Waals surface area contributed by atoms with Gasteiger partial charge in [-0.1, -0.05) is 12.1 Å². The number of fused-ring (bicyclic) bond motifs is 1. The van der Waals surface area contributed by atoms with Crippen molar-refractivity contribution in [1.29, 1.82) is 10.5 Å². The fourth-order valence-corrected chi connectivity index (χ4v) is 6.67. The molecule has 2 aliphatic carbocycles. The maximum atomic E-state index is 13.3. The van der Waals surface area contributed by atoms with Gasteiger partial charge in [-0.3, -0.25) is 19.8 Å². The van der Waals surface area contributed by atoms with Crippen molar-refractivity contribution >= 4 is 27.8 Å². The van der Waals surface area contributed by atoms with Crippen LogP contribution in [0.25, 0.3) is 0 Å². The topological polar surface area (TPSA) is 137 Å². The zero-order valence-electron chi connectivity index (χ0n) is 18.3. The van der Waals surface area contributed by atoms with Crippen LogP contribution in [0.4, 0.5) is 10.7 Å². The van der Waals surface area contributed by atoms with E-state index in [1.807, 2.05) is 0 Å². The summed E-state index contributed by atoms with van der Waals surface area (Å²) < 4.78 is 0. The lowest BCUT2D eigenvalue weighted by atomic mass is 9.75. The number of rotatable bonds is 3. The Morgan fingerprint density at radius 1 is 1.12 bits per heavy atom. The molecule has 2 heterocycles. The second-order valence-corrected chi connectivity index (χ2v) is 9.75. The number of nitrogens with zero attached hydrogens (tertiary/aromatic N) is 4. The van der Waals surface area contributed by atoms with E-state index in [9.17, 15) is 25.4 Å². The Hall–Kier alpha value is -3.95. The van der Waals surface area contributed by atoms with Crippen LogP contribution in [0.15, 0.2) is 46.9 Å². The number of Topliss-reactive ketones (excluding diaryl/α,β-unsaturated/α-hetero) is 1. The quantitative estimate of drug-likeness (QED) is 0.505. The van der Waals surface area contributed by atoms with E-state index in [4.69, 9.17) is 5.73 Å². The lowest BCUT2D eigenvalue weighted by Crippen LogP contribution is -2.38. The number of nitriles is 2. The summed E-state index contributed by atoms with van der Waals surface area (Å²) in [6, 6.07) is 10.6. The molecule has 1 aromatic carbocycles. The molecule has 0 saturated heterocycles. The summed E-state index contributed by atoms with van der Waals surface area (Å²) >= 11 is 1.51. The van der Waals surface area contributed by atoms with E-state index in [1.54, 1.807) is 17.0 Å². The number of nitro benzene ring substituents is 1. The molecule has 2 N–H and O–H groups in total. The number of hydrogen-bond donors (Lipinski definition) is 1. The summed E-state index contributed by atoms with van der Waals surface area (Å²) in [6.45, 7) is 0. The number of nitrogens with two attached hydrogens (primary N) is 1. The van der Waals surface area contributed by atoms with Crippen LogP contribution in [0.1, 0.15) is 59.6 Å². The van der Waals surface area contributed by atoms with E-state index in [0.717, 1.165) is 36.1 Å². The van der Waals surface area contributed by atoms with E-state index in [-0.39, 0.29) is 22.9 Å². The van der Waals surface area contributed by atoms with Gasteiger partial charge in [0, 0.05) is 34.7 Å². The molecule has 1 aromatic heterocycles. The van der Waals surface area contributed by atoms with Gasteiger partial charge in [0.05, 0.1) is 28.0 Å². The van der Waals surface area contributed by atoms with Crippen molar-refractivity contribution in [3.63, 3.8) is 0 Å². The molecule has 1 atom stereocenters. The molecule has 3 aliphatic rings. The largest absolute Gasteiger partial charge is 0.384 e. The van der Waals surface area contributed by atoms with Crippen LogP contribution in [0.3, 0.4) is 0 Å². The number of ketones is 1. The Balaban J connectivity index is 1.76. The highest BCUT2D eigenvalue weighted by molar-refractivity contribution is 7.16. The van der Waals surface area contributed by atoms with Crippen LogP contribution in [0, 0.1) is 32.8 Å². The number of non-ortho nitro benzene ring substituents is 1. The fraction of sp³-hybridized carbons (Fsp3) is 0.320. The van der Waals surface area contributed by atoms with Gasteiger partial charge in [-0.05, 0) is 49.7 Å². The molecule has 34 heavy (non-hydrogen) atoms. The van der Waals surface area contributed by atoms with E-state index >= 15 is 0 Å². The highest BCUT2D eigenvalue weighted by atomic mass is 32.1. The van der Waals surface area contributed by atoms with Gasteiger partial charge in [-0.15, -0.1) is 11.3 Å². The van der Waals surface area contributed by atoms with Gasteiger partial charge in [-0.2, -0.15) is 10.5 Å². The molecule has 0 unspecified atom stereocenters. The number of nitro groups is 1. The van der Waals surface area contributed by atoms with E-state index in [0.29, 0.717) is 46.7 Å². The van der Waals surface area contributed by atoms with Crippen molar-refractivity contribution < 1.29 is 9.72 Å².